The molecule has 1 aromatic heterocycles. The molecule has 0 radical (unpaired) electrons. The third-order valence-corrected chi connectivity index (χ3v) is 2.61. The normalized spacial score (nSPS) is 11.6. The van der Waals surface area contributed by atoms with Crippen LogP contribution >= 0.6 is 0 Å². The van der Waals surface area contributed by atoms with E-state index in [9.17, 15) is 13.2 Å². The van der Waals surface area contributed by atoms with E-state index >= 15 is 0 Å². The van der Waals surface area contributed by atoms with Crippen molar-refractivity contribution in [2.24, 2.45) is 7.05 Å². The molecule has 0 atom stereocenters. The Morgan fingerprint density at radius 1 is 1.57 bits per heavy atom. The standard InChI is InChI=1S/C6H9N3O4S/c1-9-4(7)3(6(10)11)5(8-9)14(2,12)13/h7H2,1-2H3,(H,10,11). The maximum absolute atomic E-state index is 11.1. The molecule has 0 unspecified atom stereocenters. The highest BCUT2D eigenvalue weighted by molar-refractivity contribution is 7.90. The molecule has 1 heterocycles. The number of sulfone groups is 1. The number of carboxylic acid groups (broad SMARTS) is 1. The van der Waals surface area contributed by atoms with Gasteiger partial charge in [0.15, 0.2) is 14.9 Å². The lowest BCUT2D eigenvalue weighted by Crippen LogP contribution is -2.07. The van der Waals surface area contributed by atoms with Crippen LogP contribution in [0.25, 0.3) is 0 Å². The van der Waals surface area contributed by atoms with Gasteiger partial charge in [0, 0.05) is 13.3 Å². The predicted octanol–water partition coefficient (Wildman–Crippen LogP) is -0.896. The fourth-order valence-corrected chi connectivity index (χ4v) is 1.81. The van der Waals surface area contributed by atoms with Crippen LogP contribution < -0.4 is 5.73 Å². The van der Waals surface area contributed by atoms with Crippen molar-refractivity contribution in [1.29, 1.82) is 0 Å². The molecule has 0 fully saturated rings. The Balaban J connectivity index is 3.62. The summed E-state index contributed by atoms with van der Waals surface area (Å²) in [5, 5.41) is 11.7. The van der Waals surface area contributed by atoms with E-state index in [1.807, 2.05) is 0 Å². The molecule has 0 aliphatic heterocycles. The number of hydrogen-bond acceptors (Lipinski definition) is 5. The first-order chi connectivity index (χ1) is 6.25. The lowest BCUT2D eigenvalue weighted by molar-refractivity contribution is 0.0694. The summed E-state index contributed by atoms with van der Waals surface area (Å²) in [4.78, 5) is 10.7. The van der Waals surface area contributed by atoms with Gasteiger partial charge in [0.1, 0.15) is 11.4 Å². The minimum Gasteiger partial charge on any atom is -0.477 e. The van der Waals surface area contributed by atoms with Crippen molar-refractivity contribution in [3.63, 3.8) is 0 Å². The molecular formula is C6H9N3O4S. The van der Waals surface area contributed by atoms with Gasteiger partial charge in [0.05, 0.1) is 0 Å². The summed E-state index contributed by atoms with van der Waals surface area (Å²) in [7, 11) is -2.30. The van der Waals surface area contributed by atoms with Crippen molar-refractivity contribution in [3.05, 3.63) is 5.56 Å². The summed E-state index contributed by atoms with van der Waals surface area (Å²) < 4.78 is 23.3. The third-order valence-electron chi connectivity index (χ3n) is 1.62. The fraction of sp³-hybridized carbons (Fsp3) is 0.333. The first-order valence-corrected chi connectivity index (χ1v) is 5.40. The van der Waals surface area contributed by atoms with E-state index in [2.05, 4.69) is 5.10 Å². The Labute approximate surface area is 80.1 Å². The van der Waals surface area contributed by atoms with Crippen LogP contribution in [-0.2, 0) is 16.9 Å². The first kappa shape index (κ1) is 10.5. The Kier molecular flexibility index (Phi) is 2.24. The van der Waals surface area contributed by atoms with Crippen LogP contribution in [0.15, 0.2) is 5.03 Å². The smallest absolute Gasteiger partial charge is 0.342 e. The number of carbonyl (C=O) groups is 1. The highest BCUT2D eigenvalue weighted by atomic mass is 32.2. The lowest BCUT2D eigenvalue weighted by Gasteiger charge is -1.94. The maximum atomic E-state index is 11.1. The fourth-order valence-electron chi connectivity index (χ4n) is 0.972. The van der Waals surface area contributed by atoms with Crippen molar-refractivity contribution >= 4 is 21.6 Å². The van der Waals surface area contributed by atoms with E-state index in [-0.39, 0.29) is 5.82 Å². The number of carboxylic acids is 1. The van der Waals surface area contributed by atoms with Crippen LogP contribution in [0, 0.1) is 0 Å². The molecule has 3 N–H and O–H groups in total. The average molecular weight is 219 g/mol. The largest absolute Gasteiger partial charge is 0.477 e. The minimum atomic E-state index is -3.67. The maximum Gasteiger partial charge on any atom is 0.342 e. The Bertz CT molecular complexity index is 487. The molecule has 0 aromatic carbocycles. The number of anilines is 1. The average Bonchev–Trinajstić information content (AvgIpc) is 2.27. The molecule has 0 saturated heterocycles. The molecule has 1 rings (SSSR count). The van der Waals surface area contributed by atoms with Crippen LogP contribution in [0.5, 0.6) is 0 Å². The number of aromatic carboxylic acids is 1. The quantitative estimate of drug-likeness (QED) is 0.666. The van der Waals surface area contributed by atoms with Crippen LogP contribution in [0.2, 0.25) is 0 Å². The van der Waals surface area contributed by atoms with Crippen LogP contribution in [0.4, 0.5) is 5.82 Å². The highest BCUT2D eigenvalue weighted by Gasteiger charge is 2.26. The summed E-state index contributed by atoms with van der Waals surface area (Å²) in [6.45, 7) is 0. The summed E-state index contributed by atoms with van der Waals surface area (Å²) in [5.41, 5.74) is 4.88. The van der Waals surface area contributed by atoms with Gasteiger partial charge in [-0.25, -0.2) is 13.2 Å². The van der Waals surface area contributed by atoms with Crippen LogP contribution in [0.1, 0.15) is 10.4 Å². The van der Waals surface area contributed by atoms with E-state index in [0.717, 1.165) is 10.9 Å². The number of nitrogens with zero attached hydrogens (tertiary/aromatic N) is 2. The topological polar surface area (TPSA) is 115 Å². The second-order valence-electron chi connectivity index (χ2n) is 2.77. The number of nitrogen functional groups attached to an aromatic ring is 1. The molecule has 0 bridgehead atoms. The van der Waals surface area contributed by atoms with Crippen molar-refractivity contribution in [1.82, 2.24) is 9.78 Å². The van der Waals surface area contributed by atoms with Gasteiger partial charge in [-0.15, -0.1) is 0 Å². The Morgan fingerprint density at radius 3 is 2.36 bits per heavy atom. The number of rotatable bonds is 2. The van der Waals surface area contributed by atoms with E-state index in [1.54, 1.807) is 0 Å². The van der Waals surface area contributed by atoms with Gasteiger partial charge in [-0.2, -0.15) is 5.10 Å². The molecule has 0 saturated carbocycles. The number of aryl methyl sites for hydroxylation is 1. The van der Waals surface area contributed by atoms with Gasteiger partial charge in [0.25, 0.3) is 0 Å². The molecule has 0 aliphatic carbocycles. The van der Waals surface area contributed by atoms with Gasteiger partial charge in [-0.1, -0.05) is 0 Å². The molecule has 0 amide bonds. The molecular weight excluding hydrogens is 210 g/mol. The molecule has 8 heteroatoms. The van der Waals surface area contributed by atoms with Crippen molar-refractivity contribution in [2.75, 3.05) is 12.0 Å². The van der Waals surface area contributed by atoms with Gasteiger partial charge >= 0.3 is 5.97 Å². The monoisotopic (exact) mass is 219 g/mol. The number of nitrogens with two attached hydrogens (primary N) is 1. The van der Waals surface area contributed by atoms with Gasteiger partial charge < -0.3 is 10.8 Å². The minimum absolute atomic E-state index is 0.182. The second-order valence-corrected chi connectivity index (χ2v) is 4.70. The first-order valence-electron chi connectivity index (χ1n) is 3.51. The van der Waals surface area contributed by atoms with E-state index < -0.39 is 26.4 Å². The summed E-state index contributed by atoms with van der Waals surface area (Å²) in [6.07, 6.45) is 0.876. The Hall–Kier alpha value is -1.57. The molecule has 0 aliphatic rings. The van der Waals surface area contributed by atoms with E-state index in [4.69, 9.17) is 10.8 Å². The van der Waals surface area contributed by atoms with Gasteiger partial charge in [-0.05, 0) is 0 Å². The highest BCUT2D eigenvalue weighted by Crippen LogP contribution is 2.19. The number of hydrogen-bond donors (Lipinski definition) is 2. The zero-order valence-corrected chi connectivity index (χ0v) is 8.37. The molecule has 0 spiro atoms. The number of aromatic nitrogens is 2. The zero-order chi connectivity index (χ0) is 11.1. The molecule has 7 nitrogen and oxygen atoms in total. The van der Waals surface area contributed by atoms with Crippen LogP contribution in [-0.4, -0.2) is 35.5 Å². The predicted molar refractivity (Wildman–Crippen MR) is 47.7 cm³/mol. The SMILES string of the molecule is Cn1nc(S(C)(=O)=O)c(C(=O)O)c1N. The summed E-state index contributed by atoms with van der Waals surface area (Å²) in [6, 6.07) is 0. The summed E-state index contributed by atoms with van der Waals surface area (Å²) in [5.74, 6) is -1.59. The van der Waals surface area contributed by atoms with Crippen molar-refractivity contribution < 1.29 is 18.3 Å². The van der Waals surface area contributed by atoms with E-state index in [1.165, 1.54) is 7.05 Å². The molecule has 14 heavy (non-hydrogen) atoms. The lowest BCUT2D eigenvalue weighted by atomic mass is 10.3. The van der Waals surface area contributed by atoms with E-state index in [0.29, 0.717) is 0 Å². The Morgan fingerprint density at radius 2 is 2.07 bits per heavy atom. The van der Waals surface area contributed by atoms with Crippen molar-refractivity contribution in [2.45, 2.75) is 5.03 Å². The molecule has 1 aromatic rings. The summed E-state index contributed by atoms with van der Waals surface area (Å²) >= 11 is 0. The third kappa shape index (κ3) is 1.55. The second kappa shape index (κ2) is 2.98. The zero-order valence-electron chi connectivity index (χ0n) is 7.55. The van der Waals surface area contributed by atoms with Crippen molar-refractivity contribution in [3.8, 4) is 0 Å². The molecule has 78 valence electrons. The van der Waals surface area contributed by atoms with Gasteiger partial charge in [-0.3, -0.25) is 4.68 Å². The van der Waals surface area contributed by atoms with Gasteiger partial charge in [0.2, 0.25) is 0 Å². The van der Waals surface area contributed by atoms with Crippen LogP contribution in [0.3, 0.4) is 0 Å².